The van der Waals surface area contributed by atoms with E-state index in [2.05, 4.69) is 25.8 Å². The fraction of sp³-hybridized carbons (Fsp3) is 0.615. The summed E-state index contributed by atoms with van der Waals surface area (Å²) >= 11 is 1.55. The molecule has 4 nitrogen and oxygen atoms in total. The fourth-order valence-corrected chi connectivity index (χ4v) is 2.34. The van der Waals surface area contributed by atoms with Crippen LogP contribution in [0, 0.1) is 16.0 Å². The first-order chi connectivity index (χ1) is 8.20. The van der Waals surface area contributed by atoms with Gasteiger partial charge in [0.1, 0.15) is 0 Å². The number of allylic oxidation sites excluding steroid dienone is 1. The molecule has 0 saturated carbocycles. The smallest absolute Gasteiger partial charge is 0.248 e. The topological polar surface area (TPSA) is 56.0 Å². The van der Waals surface area contributed by atoms with Crippen LogP contribution in [0.2, 0.25) is 0 Å². The molecule has 1 rings (SSSR count). The van der Waals surface area contributed by atoms with Crippen molar-refractivity contribution in [3.63, 3.8) is 0 Å². The maximum atomic E-state index is 11.0. The van der Waals surface area contributed by atoms with Crippen LogP contribution in [0.5, 0.6) is 0 Å². The predicted octanol–water partition coefficient (Wildman–Crippen LogP) is 4.10. The van der Waals surface area contributed by atoms with Crippen molar-refractivity contribution in [2.24, 2.45) is 5.92 Å². The first kappa shape index (κ1) is 14.8. The number of aromatic nitrogens is 1. The predicted molar refractivity (Wildman–Crippen MR) is 75.2 cm³/mol. The molecule has 0 bridgehead atoms. The Morgan fingerprint density at radius 2 is 2.17 bits per heavy atom. The van der Waals surface area contributed by atoms with Gasteiger partial charge in [0.05, 0.1) is 15.6 Å². The highest BCUT2D eigenvalue weighted by atomic mass is 32.1. The second kappa shape index (κ2) is 5.61. The minimum absolute atomic E-state index is 0.0103. The van der Waals surface area contributed by atoms with Gasteiger partial charge in [-0.25, -0.2) is 4.98 Å². The molecule has 18 heavy (non-hydrogen) atoms. The number of hydrogen-bond donors (Lipinski definition) is 0. The highest BCUT2D eigenvalue weighted by Gasteiger charge is 2.19. The fourth-order valence-electron chi connectivity index (χ4n) is 1.47. The summed E-state index contributed by atoms with van der Waals surface area (Å²) in [6.45, 7) is 10.2. The lowest BCUT2D eigenvalue weighted by molar-refractivity contribution is -0.427. The molecule has 0 unspecified atom stereocenters. The van der Waals surface area contributed by atoms with Gasteiger partial charge < -0.3 is 0 Å². The van der Waals surface area contributed by atoms with Crippen LogP contribution < -0.4 is 0 Å². The maximum absolute atomic E-state index is 11.0. The summed E-state index contributed by atoms with van der Waals surface area (Å²) in [5.41, 5.74) is 0.914. The van der Waals surface area contributed by atoms with Gasteiger partial charge in [0, 0.05) is 23.3 Å². The molecule has 0 N–H and O–H groups in total. The molecule has 0 saturated heterocycles. The van der Waals surface area contributed by atoms with E-state index in [0.717, 1.165) is 5.01 Å². The molecule has 0 aliphatic rings. The Labute approximate surface area is 112 Å². The standard InChI is InChI=1S/C13H20N2O2S/c1-9(2)6-11(15(16)17)7-10-8-18-12(14-10)13(3,4)5/h7-9H,6H2,1-5H3. The quantitative estimate of drug-likeness (QED) is 0.610. The van der Waals surface area contributed by atoms with Crippen molar-refractivity contribution in [3.05, 3.63) is 31.9 Å². The van der Waals surface area contributed by atoms with Crippen LogP contribution in [-0.2, 0) is 5.41 Å². The van der Waals surface area contributed by atoms with Crippen molar-refractivity contribution < 1.29 is 4.92 Å². The van der Waals surface area contributed by atoms with Crippen LogP contribution in [0.25, 0.3) is 6.08 Å². The van der Waals surface area contributed by atoms with Crippen LogP contribution in [0.4, 0.5) is 0 Å². The van der Waals surface area contributed by atoms with Gasteiger partial charge >= 0.3 is 0 Å². The van der Waals surface area contributed by atoms with Gasteiger partial charge in [-0.2, -0.15) is 0 Å². The van der Waals surface area contributed by atoms with Crippen LogP contribution in [-0.4, -0.2) is 9.91 Å². The molecule has 5 heteroatoms. The zero-order chi connectivity index (χ0) is 13.9. The van der Waals surface area contributed by atoms with E-state index >= 15 is 0 Å². The number of nitro groups is 1. The molecule has 0 aliphatic heterocycles. The van der Waals surface area contributed by atoms with Crippen molar-refractivity contribution in [1.29, 1.82) is 0 Å². The second-order valence-corrected chi connectivity index (χ2v) is 6.68. The molecule has 0 fully saturated rings. The Balaban J connectivity index is 2.99. The molecule has 0 radical (unpaired) electrons. The lowest BCUT2D eigenvalue weighted by Crippen LogP contribution is -2.10. The lowest BCUT2D eigenvalue weighted by Gasteiger charge is -2.13. The highest BCUT2D eigenvalue weighted by Crippen LogP contribution is 2.26. The normalized spacial score (nSPS) is 13.1. The number of hydrogen-bond acceptors (Lipinski definition) is 4. The van der Waals surface area contributed by atoms with Gasteiger partial charge in [-0.3, -0.25) is 10.1 Å². The van der Waals surface area contributed by atoms with Crippen LogP contribution in [0.1, 0.15) is 51.7 Å². The second-order valence-electron chi connectivity index (χ2n) is 5.82. The third-order valence-corrected chi connectivity index (χ3v) is 3.62. The van der Waals surface area contributed by atoms with E-state index in [1.165, 1.54) is 0 Å². The van der Waals surface area contributed by atoms with Crippen molar-refractivity contribution in [2.45, 2.75) is 46.5 Å². The molecule has 0 aliphatic carbocycles. The SMILES string of the molecule is CC(C)CC(=Cc1csc(C(C)(C)C)n1)[N+](=O)[O-]. The molecule has 0 amide bonds. The van der Waals surface area contributed by atoms with Crippen LogP contribution >= 0.6 is 11.3 Å². The van der Waals surface area contributed by atoms with E-state index < -0.39 is 0 Å². The summed E-state index contributed by atoms with van der Waals surface area (Å²) in [6, 6.07) is 0. The van der Waals surface area contributed by atoms with Crippen molar-refractivity contribution in [2.75, 3.05) is 0 Å². The van der Waals surface area contributed by atoms with E-state index in [0.29, 0.717) is 12.1 Å². The van der Waals surface area contributed by atoms with Gasteiger partial charge in [-0.15, -0.1) is 11.3 Å². The van der Waals surface area contributed by atoms with Gasteiger partial charge in [0.25, 0.3) is 0 Å². The summed E-state index contributed by atoms with van der Waals surface area (Å²) in [4.78, 5) is 15.1. The molecule has 0 atom stereocenters. The molecule has 1 aromatic rings. The van der Waals surface area contributed by atoms with Crippen molar-refractivity contribution in [1.82, 2.24) is 4.98 Å². The molecule has 0 aromatic carbocycles. The molecule has 100 valence electrons. The summed E-state index contributed by atoms with van der Waals surface area (Å²) in [6.07, 6.45) is 2.06. The largest absolute Gasteiger partial charge is 0.259 e. The van der Waals surface area contributed by atoms with Gasteiger partial charge in [0.15, 0.2) is 0 Å². The average molecular weight is 268 g/mol. The van der Waals surface area contributed by atoms with E-state index in [1.54, 1.807) is 17.4 Å². The lowest BCUT2D eigenvalue weighted by atomic mass is 9.98. The third-order valence-electron chi connectivity index (χ3n) is 2.33. The van der Waals surface area contributed by atoms with Gasteiger partial charge in [0.2, 0.25) is 5.70 Å². The van der Waals surface area contributed by atoms with E-state index in [9.17, 15) is 10.1 Å². The Morgan fingerprint density at radius 1 is 1.56 bits per heavy atom. The van der Waals surface area contributed by atoms with Crippen molar-refractivity contribution in [3.8, 4) is 0 Å². The summed E-state index contributed by atoms with van der Waals surface area (Å²) < 4.78 is 0. The first-order valence-corrected chi connectivity index (χ1v) is 6.89. The van der Waals surface area contributed by atoms with E-state index in [-0.39, 0.29) is 22.0 Å². The molecule has 1 heterocycles. The van der Waals surface area contributed by atoms with Gasteiger partial charge in [-0.1, -0.05) is 34.6 Å². The monoisotopic (exact) mass is 268 g/mol. The molecule has 1 aromatic heterocycles. The first-order valence-electron chi connectivity index (χ1n) is 6.01. The number of thiazole rings is 1. The van der Waals surface area contributed by atoms with E-state index in [4.69, 9.17) is 0 Å². The summed E-state index contributed by atoms with van der Waals surface area (Å²) in [5.74, 6) is 0.266. The minimum atomic E-state index is -0.309. The molecule has 0 spiro atoms. The Kier molecular flexibility index (Phi) is 4.62. The van der Waals surface area contributed by atoms with Gasteiger partial charge in [-0.05, 0) is 5.92 Å². The van der Waals surface area contributed by atoms with E-state index in [1.807, 2.05) is 19.2 Å². The summed E-state index contributed by atoms with van der Waals surface area (Å²) in [5, 5.41) is 13.8. The number of nitrogens with zero attached hydrogens (tertiary/aromatic N) is 2. The minimum Gasteiger partial charge on any atom is -0.259 e. The Hall–Kier alpha value is -1.23. The van der Waals surface area contributed by atoms with Crippen LogP contribution in [0.15, 0.2) is 11.1 Å². The molecular weight excluding hydrogens is 248 g/mol. The molecular formula is C13H20N2O2S. The third kappa shape index (κ3) is 4.22. The highest BCUT2D eigenvalue weighted by molar-refractivity contribution is 7.09. The van der Waals surface area contributed by atoms with Crippen LogP contribution in [0.3, 0.4) is 0 Å². The Bertz CT molecular complexity index is 456. The van der Waals surface area contributed by atoms with Crippen molar-refractivity contribution >= 4 is 17.4 Å². The zero-order valence-corrected chi connectivity index (χ0v) is 12.4. The maximum Gasteiger partial charge on any atom is 0.248 e. The average Bonchev–Trinajstić information content (AvgIpc) is 2.63. The summed E-state index contributed by atoms with van der Waals surface area (Å²) in [7, 11) is 0. The Morgan fingerprint density at radius 3 is 2.56 bits per heavy atom. The number of rotatable bonds is 4. The zero-order valence-electron chi connectivity index (χ0n) is 11.6.